The van der Waals surface area contributed by atoms with Gasteiger partial charge in [0, 0.05) is 0 Å². The lowest BCUT2D eigenvalue weighted by atomic mass is 9.89. The minimum absolute atomic E-state index is 0.373. The number of ether oxygens (including phenoxy) is 1. The standard InChI is InChI=1S/C7H12O/c1-7(2)3-5-8-6-4-7/h3,5H,4,6H2,1-2H3. The summed E-state index contributed by atoms with van der Waals surface area (Å²) in [5.74, 6) is 0. The fraction of sp³-hybridized carbons (Fsp3) is 0.714. The summed E-state index contributed by atoms with van der Waals surface area (Å²) < 4.78 is 5.02. The molecule has 46 valence electrons. The first kappa shape index (κ1) is 5.67. The summed E-state index contributed by atoms with van der Waals surface area (Å²) in [6.07, 6.45) is 5.05. The Hall–Kier alpha value is -0.460. The van der Waals surface area contributed by atoms with Crippen molar-refractivity contribution >= 4 is 0 Å². The van der Waals surface area contributed by atoms with Crippen molar-refractivity contribution in [3.05, 3.63) is 12.3 Å². The maximum Gasteiger partial charge on any atom is 0.0881 e. The van der Waals surface area contributed by atoms with Crippen LogP contribution < -0.4 is 0 Å². The first-order valence-corrected chi connectivity index (χ1v) is 3.00. The molecule has 0 saturated carbocycles. The van der Waals surface area contributed by atoms with Crippen molar-refractivity contribution in [3.63, 3.8) is 0 Å². The van der Waals surface area contributed by atoms with Crippen LogP contribution in [0.1, 0.15) is 20.3 Å². The van der Waals surface area contributed by atoms with E-state index in [0.29, 0.717) is 5.41 Å². The third-order valence-electron chi connectivity index (χ3n) is 1.48. The molecular weight excluding hydrogens is 100 g/mol. The molecule has 0 bridgehead atoms. The Morgan fingerprint density at radius 1 is 1.50 bits per heavy atom. The first-order valence-electron chi connectivity index (χ1n) is 3.00. The highest BCUT2D eigenvalue weighted by Crippen LogP contribution is 2.24. The summed E-state index contributed by atoms with van der Waals surface area (Å²) >= 11 is 0. The third-order valence-corrected chi connectivity index (χ3v) is 1.48. The highest BCUT2D eigenvalue weighted by molar-refractivity contribution is 4.93. The maximum atomic E-state index is 5.02. The SMILES string of the molecule is CC1(C)C=COCC1. The van der Waals surface area contributed by atoms with E-state index in [1.54, 1.807) is 6.26 Å². The van der Waals surface area contributed by atoms with E-state index in [2.05, 4.69) is 19.9 Å². The molecule has 0 spiro atoms. The van der Waals surface area contributed by atoms with Crippen LogP contribution in [-0.2, 0) is 4.74 Å². The quantitative estimate of drug-likeness (QED) is 0.465. The molecule has 0 atom stereocenters. The lowest BCUT2D eigenvalue weighted by molar-refractivity contribution is 0.179. The summed E-state index contributed by atoms with van der Waals surface area (Å²) in [6, 6.07) is 0. The van der Waals surface area contributed by atoms with Gasteiger partial charge < -0.3 is 4.74 Å². The van der Waals surface area contributed by atoms with Gasteiger partial charge in [0.2, 0.25) is 0 Å². The van der Waals surface area contributed by atoms with Crippen LogP contribution in [0.15, 0.2) is 12.3 Å². The van der Waals surface area contributed by atoms with Crippen molar-refractivity contribution in [1.82, 2.24) is 0 Å². The van der Waals surface area contributed by atoms with E-state index in [4.69, 9.17) is 4.74 Å². The van der Waals surface area contributed by atoms with Gasteiger partial charge >= 0.3 is 0 Å². The first-order chi connectivity index (χ1) is 3.71. The molecule has 0 aromatic carbocycles. The second-order valence-corrected chi connectivity index (χ2v) is 2.91. The zero-order chi connectivity index (χ0) is 6.04. The lowest BCUT2D eigenvalue weighted by Gasteiger charge is -2.22. The van der Waals surface area contributed by atoms with E-state index in [9.17, 15) is 0 Å². The summed E-state index contributed by atoms with van der Waals surface area (Å²) in [5.41, 5.74) is 0.373. The van der Waals surface area contributed by atoms with Crippen molar-refractivity contribution in [3.8, 4) is 0 Å². The lowest BCUT2D eigenvalue weighted by Crippen LogP contribution is -2.14. The highest BCUT2D eigenvalue weighted by atomic mass is 16.5. The van der Waals surface area contributed by atoms with Crippen LogP contribution in [0.3, 0.4) is 0 Å². The van der Waals surface area contributed by atoms with E-state index < -0.39 is 0 Å². The van der Waals surface area contributed by atoms with E-state index >= 15 is 0 Å². The Labute approximate surface area is 50.3 Å². The average molecular weight is 112 g/mol. The van der Waals surface area contributed by atoms with Gasteiger partial charge in [0.25, 0.3) is 0 Å². The second kappa shape index (κ2) is 1.81. The minimum atomic E-state index is 0.373. The molecule has 0 unspecified atom stereocenters. The van der Waals surface area contributed by atoms with Gasteiger partial charge in [-0.05, 0) is 17.9 Å². The Bertz CT molecular complexity index is 103. The van der Waals surface area contributed by atoms with E-state index in [1.807, 2.05) is 0 Å². The largest absolute Gasteiger partial charge is 0.501 e. The van der Waals surface area contributed by atoms with Crippen molar-refractivity contribution < 1.29 is 4.74 Å². The summed E-state index contributed by atoms with van der Waals surface area (Å²) in [6.45, 7) is 5.31. The number of hydrogen-bond acceptors (Lipinski definition) is 1. The van der Waals surface area contributed by atoms with E-state index in [0.717, 1.165) is 13.0 Å². The average Bonchev–Trinajstić information content (AvgIpc) is 1.65. The molecule has 0 N–H and O–H groups in total. The molecule has 1 aliphatic rings. The van der Waals surface area contributed by atoms with Crippen molar-refractivity contribution in [2.24, 2.45) is 5.41 Å². The fourth-order valence-electron chi connectivity index (χ4n) is 0.706. The molecule has 1 heterocycles. The highest BCUT2D eigenvalue weighted by Gasteiger charge is 2.15. The van der Waals surface area contributed by atoms with Crippen LogP contribution in [-0.4, -0.2) is 6.61 Å². The van der Waals surface area contributed by atoms with Gasteiger partial charge in [-0.2, -0.15) is 0 Å². The van der Waals surface area contributed by atoms with Gasteiger partial charge in [0.15, 0.2) is 0 Å². The Balaban J connectivity index is 2.56. The molecule has 1 aliphatic heterocycles. The van der Waals surface area contributed by atoms with Crippen molar-refractivity contribution in [2.75, 3.05) is 6.61 Å². The van der Waals surface area contributed by atoms with Crippen LogP contribution in [0.25, 0.3) is 0 Å². The molecule has 0 radical (unpaired) electrons. The summed E-state index contributed by atoms with van der Waals surface area (Å²) in [5, 5.41) is 0. The zero-order valence-corrected chi connectivity index (χ0v) is 5.48. The molecule has 0 aromatic heterocycles. The molecule has 0 amide bonds. The van der Waals surface area contributed by atoms with Gasteiger partial charge in [-0.25, -0.2) is 0 Å². The van der Waals surface area contributed by atoms with Crippen LogP contribution >= 0.6 is 0 Å². The van der Waals surface area contributed by atoms with E-state index in [-0.39, 0.29) is 0 Å². The van der Waals surface area contributed by atoms with Crippen LogP contribution in [0, 0.1) is 5.41 Å². The third kappa shape index (κ3) is 1.25. The summed E-state index contributed by atoms with van der Waals surface area (Å²) in [7, 11) is 0. The Kier molecular flexibility index (Phi) is 1.28. The monoisotopic (exact) mass is 112 g/mol. The Morgan fingerprint density at radius 3 is 2.50 bits per heavy atom. The molecule has 0 aliphatic carbocycles. The van der Waals surface area contributed by atoms with Crippen LogP contribution in [0.5, 0.6) is 0 Å². The Morgan fingerprint density at radius 2 is 2.25 bits per heavy atom. The number of allylic oxidation sites excluding steroid dienone is 1. The minimum Gasteiger partial charge on any atom is -0.501 e. The van der Waals surface area contributed by atoms with Gasteiger partial charge in [-0.3, -0.25) is 0 Å². The van der Waals surface area contributed by atoms with E-state index in [1.165, 1.54) is 0 Å². The van der Waals surface area contributed by atoms with Crippen molar-refractivity contribution in [1.29, 1.82) is 0 Å². The number of hydrogen-bond donors (Lipinski definition) is 0. The fourth-order valence-corrected chi connectivity index (χ4v) is 0.706. The smallest absolute Gasteiger partial charge is 0.0881 e. The topological polar surface area (TPSA) is 9.23 Å². The van der Waals surface area contributed by atoms with Crippen molar-refractivity contribution in [2.45, 2.75) is 20.3 Å². The van der Waals surface area contributed by atoms with Gasteiger partial charge in [0.1, 0.15) is 0 Å². The molecule has 0 saturated heterocycles. The predicted octanol–water partition coefficient (Wildman–Crippen LogP) is 1.95. The van der Waals surface area contributed by atoms with Crippen LogP contribution in [0.4, 0.5) is 0 Å². The molecule has 8 heavy (non-hydrogen) atoms. The van der Waals surface area contributed by atoms with Gasteiger partial charge in [-0.1, -0.05) is 13.8 Å². The number of rotatable bonds is 0. The van der Waals surface area contributed by atoms with Crippen LogP contribution in [0.2, 0.25) is 0 Å². The zero-order valence-electron chi connectivity index (χ0n) is 5.48. The molecule has 1 rings (SSSR count). The normalized spacial score (nSPS) is 24.8. The predicted molar refractivity (Wildman–Crippen MR) is 33.5 cm³/mol. The molecular formula is C7H12O. The maximum absolute atomic E-state index is 5.02. The van der Waals surface area contributed by atoms with Gasteiger partial charge in [0.05, 0.1) is 12.9 Å². The second-order valence-electron chi connectivity index (χ2n) is 2.91. The molecule has 1 nitrogen and oxygen atoms in total. The van der Waals surface area contributed by atoms with Gasteiger partial charge in [-0.15, -0.1) is 0 Å². The summed E-state index contributed by atoms with van der Waals surface area (Å²) in [4.78, 5) is 0. The molecule has 0 aromatic rings. The molecule has 1 heteroatoms. The molecule has 0 fully saturated rings.